The smallest absolute Gasteiger partial charge is 0.250 e. The van der Waals surface area contributed by atoms with Crippen molar-refractivity contribution >= 4 is 29.3 Å². The van der Waals surface area contributed by atoms with Gasteiger partial charge in [0.15, 0.2) is 11.0 Å². The van der Waals surface area contributed by atoms with Crippen LogP contribution in [0, 0.1) is 0 Å². The number of benzene rings is 3. The number of primary amides is 1. The molecule has 0 aliphatic heterocycles. The zero-order chi connectivity index (χ0) is 21.6. The molecule has 1 heterocycles. The third kappa shape index (κ3) is 4.65. The first-order valence-corrected chi connectivity index (χ1v) is 10.5. The summed E-state index contributed by atoms with van der Waals surface area (Å²) in [6.07, 6.45) is 0. The molecule has 0 aliphatic carbocycles. The topological polar surface area (TPSA) is 103 Å². The van der Waals surface area contributed by atoms with Crippen molar-refractivity contribution in [3.05, 3.63) is 90.5 Å². The molecular formula is C23H19N5O2S. The first-order valence-electron chi connectivity index (χ1n) is 9.51. The lowest BCUT2D eigenvalue weighted by Crippen LogP contribution is -2.19. The normalized spacial score (nSPS) is 10.6. The fourth-order valence-corrected chi connectivity index (χ4v) is 3.82. The van der Waals surface area contributed by atoms with E-state index >= 15 is 0 Å². The van der Waals surface area contributed by atoms with Crippen molar-refractivity contribution in [3.63, 3.8) is 0 Å². The number of nitrogens with zero attached hydrogens (tertiary/aromatic N) is 3. The van der Waals surface area contributed by atoms with Gasteiger partial charge in [-0.05, 0) is 24.3 Å². The van der Waals surface area contributed by atoms with Crippen LogP contribution in [-0.2, 0) is 4.79 Å². The molecule has 7 nitrogen and oxygen atoms in total. The lowest BCUT2D eigenvalue weighted by molar-refractivity contribution is -0.113. The molecule has 0 radical (unpaired) electrons. The van der Waals surface area contributed by atoms with Crippen LogP contribution >= 0.6 is 11.8 Å². The molecule has 1 aromatic heterocycles. The molecule has 8 heteroatoms. The number of anilines is 1. The number of hydrogen-bond donors (Lipinski definition) is 2. The van der Waals surface area contributed by atoms with Gasteiger partial charge in [0.2, 0.25) is 5.91 Å². The summed E-state index contributed by atoms with van der Waals surface area (Å²) in [7, 11) is 0. The molecule has 3 N–H and O–H groups in total. The third-order valence-electron chi connectivity index (χ3n) is 4.48. The van der Waals surface area contributed by atoms with Gasteiger partial charge in [-0.3, -0.25) is 14.2 Å². The lowest BCUT2D eigenvalue weighted by Gasteiger charge is -2.11. The quantitative estimate of drug-likeness (QED) is 0.436. The molecule has 0 fully saturated rings. The van der Waals surface area contributed by atoms with Gasteiger partial charge in [-0.2, -0.15) is 0 Å². The zero-order valence-electron chi connectivity index (χ0n) is 16.4. The third-order valence-corrected chi connectivity index (χ3v) is 5.41. The Morgan fingerprint density at radius 2 is 1.52 bits per heavy atom. The second kappa shape index (κ2) is 9.27. The Morgan fingerprint density at radius 1 is 0.871 bits per heavy atom. The van der Waals surface area contributed by atoms with E-state index in [2.05, 4.69) is 15.5 Å². The van der Waals surface area contributed by atoms with E-state index in [1.165, 1.54) is 11.8 Å². The summed E-state index contributed by atoms with van der Waals surface area (Å²) in [5.41, 5.74) is 7.85. The number of thioether (sulfide) groups is 1. The van der Waals surface area contributed by atoms with Crippen LogP contribution in [0.3, 0.4) is 0 Å². The van der Waals surface area contributed by atoms with E-state index in [1.807, 2.05) is 65.2 Å². The summed E-state index contributed by atoms with van der Waals surface area (Å²) in [4.78, 5) is 24.1. The van der Waals surface area contributed by atoms with Crippen molar-refractivity contribution in [1.29, 1.82) is 0 Å². The van der Waals surface area contributed by atoms with Gasteiger partial charge in [-0.1, -0.05) is 72.4 Å². The molecule has 0 atom stereocenters. The Kier molecular flexibility index (Phi) is 6.09. The number of aromatic nitrogens is 3. The summed E-state index contributed by atoms with van der Waals surface area (Å²) < 4.78 is 1.92. The molecule has 0 saturated heterocycles. The second-order valence-corrected chi connectivity index (χ2v) is 7.53. The second-order valence-electron chi connectivity index (χ2n) is 6.59. The Bertz CT molecular complexity index is 1210. The molecule has 0 saturated carbocycles. The van der Waals surface area contributed by atoms with Crippen LogP contribution in [-0.4, -0.2) is 32.3 Å². The highest BCUT2D eigenvalue weighted by molar-refractivity contribution is 7.99. The summed E-state index contributed by atoms with van der Waals surface area (Å²) in [5.74, 6) is -0.0939. The molecule has 0 unspecified atom stereocenters. The van der Waals surface area contributed by atoms with E-state index in [9.17, 15) is 9.59 Å². The SMILES string of the molecule is NC(=O)c1ccccc1NC(=O)CSc1nnc(-c2ccccc2)n1-c1ccccc1. The molecular weight excluding hydrogens is 410 g/mol. The highest BCUT2D eigenvalue weighted by Crippen LogP contribution is 2.28. The number of nitrogens with two attached hydrogens (primary N) is 1. The molecule has 4 aromatic rings. The van der Waals surface area contributed by atoms with E-state index in [0.29, 0.717) is 16.7 Å². The molecule has 4 rings (SSSR count). The molecule has 0 aliphatic rings. The van der Waals surface area contributed by atoms with Crippen LogP contribution in [0.4, 0.5) is 5.69 Å². The minimum Gasteiger partial charge on any atom is -0.366 e. The maximum Gasteiger partial charge on any atom is 0.250 e. The summed E-state index contributed by atoms with van der Waals surface area (Å²) >= 11 is 1.26. The van der Waals surface area contributed by atoms with Gasteiger partial charge in [0, 0.05) is 11.3 Å². The van der Waals surface area contributed by atoms with Crippen LogP contribution in [0.1, 0.15) is 10.4 Å². The van der Waals surface area contributed by atoms with Crippen molar-refractivity contribution in [1.82, 2.24) is 14.8 Å². The van der Waals surface area contributed by atoms with E-state index in [1.54, 1.807) is 24.3 Å². The van der Waals surface area contributed by atoms with Gasteiger partial charge >= 0.3 is 0 Å². The van der Waals surface area contributed by atoms with E-state index in [4.69, 9.17) is 5.73 Å². The number of hydrogen-bond acceptors (Lipinski definition) is 5. The lowest BCUT2D eigenvalue weighted by atomic mass is 10.1. The maximum atomic E-state index is 12.5. The van der Waals surface area contributed by atoms with Gasteiger partial charge in [-0.15, -0.1) is 10.2 Å². The van der Waals surface area contributed by atoms with Crippen LogP contribution in [0.25, 0.3) is 17.1 Å². The van der Waals surface area contributed by atoms with Crippen molar-refractivity contribution in [2.45, 2.75) is 5.16 Å². The van der Waals surface area contributed by atoms with Crippen LogP contribution < -0.4 is 11.1 Å². The highest BCUT2D eigenvalue weighted by Gasteiger charge is 2.18. The fourth-order valence-electron chi connectivity index (χ4n) is 3.07. The molecule has 154 valence electrons. The van der Waals surface area contributed by atoms with Crippen LogP contribution in [0.5, 0.6) is 0 Å². The molecule has 3 aromatic carbocycles. The van der Waals surface area contributed by atoms with Gasteiger partial charge in [-0.25, -0.2) is 0 Å². The number of amides is 2. The van der Waals surface area contributed by atoms with Gasteiger partial charge in [0.05, 0.1) is 17.0 Å². The van der Waals surface area contributed by atoms with Crippen molar-refractivity contribution < 1.29 is 9.59 Å². The molecule has 31 heavy (non-hydrogen) atoms. The largest absolute Gasteiger partial charge is 0.366 e. The Labute approximate surface area is 183 Å². The predicted octanol–water partition coefficient (Wildman–Crippen LogP) is 3.76. The average molecular weight is 430 g/mol. The van der Waals surface area contributed by atoms with E-state index < -0.39 is 5.91 Å². The number of rotatable bonds is 7. The number of nitrogens with one attached hydrogen (secondary N) is 1. The first-order chi connectivity index (χ1) is 15.1. The monoisotopic (exact) mass is 429 g/mol. The fraction of sp³-hybridized carbons (Fsp3) is 0.0435. The molecule has 2 amide bonds. The Morgan fingerprint density at radius 3 is 2.23 bits per heavy atom. The number of carbonyl (C=O) groups is 2. The Balaban J connectivity index is 1.57. The van der Waals surface area contributed by atoms with Crippen molar-refractivity contribution in [2.24, 2.45) is 5.73 Å². The molecule has 0 bridgehead atoms. The summed E-state index contributed by atoms with van der Waals surface area (Å²) in [5, 5.41) is 12.0. The minimum atomic E-state index is -0.597. The number of para-hydroxylation sites is 2. The van der Waals surface area contributed by atoms with Crippen LogP contribution in [0.2, 0.25) is 0 Å². The zero-order valence-corrected chi connectivity index (χ0v) is 17.3. The highest BCUT2D eigenvalue weighted by atomic mass is 32.2. The molecule has 0 spiro atoms. The summed E-state index contributed by atoms with van der Waals surface area (Å²) in [6, 6.07) is 26.1. The predicted molar refractivity (Wildman–Crippen MR) is 121 cm³/mol. The minimum absolute atomic E-state index is 0.0901. The summed E-state index contributed by atoms with van der Waals surface area (Å²) in [6.45, 7) is 0. The Hall–Kier alpha value is -3.91. The number of carbonyl (C=O) groups excluding carboxylic acids is 2. The standard InChI is InChI=1S/C23H19N5O2S/c24-21(30)18-13-7-8-14-19(18)25-20(29)15-31-23-27-26-22(16-9-3-1-4-10-16)28(23)17-11-5-2-6-12-17/h1-14H,15H2,(H2,24,30)(H,25,29). The van der Waals surface area contributed by atoms with Gasteiger partial charge < -0.3 is 11.1 Å². The average Bonchev–Trinajstić information content (AvgIpc) is 3.23. The van der Waals surface area contributed by atoms with Crippen molar-refractivity contribution in [2.75, 3.05) is 11.1 Å². The van der Waals surface area contributed by atoms with E-state index in [0.717, 1.165) is 11.3 Å². The van der Waals surface area contributed by atoms with E-state index in [-0.39, 0.29) is 17.2 Å². The first kappa shape index (κ1) is 20.4. The van der Waals surface area contributed by atoms with Crippen molar-refractivity contribution in [3.8, 4) is 17.1 Å². The van der Waals surface area contributed by atoms with Gasteiger partial charge in [0.25, 0.3) is 5.91 Å². The maximum absolute atomic E-state index is 12.5. The van der Waals surface area contributed by atoms with Gasteiger partial charge in [0.1, 0.15) is 0 Å². The van der Waals surface area contributed by atoms with Crippen LogP contribution in [0.15, 0.2) is 90.1 Å².